The molecule has 0 saturated heterocycles. The van der Waals surface area contributed by atoms with E-state index < -0.39 is 4.92 Å². The third kappa shape index (κ3) is 4.09. The van der Waals surface area contributed by atoms with Crippen LogP contribution in [0.4, 0.5) is 11.4 Å². The lowest BCUT2D eigenvalue weighted by Crippen LogP contribution is -2.23. The molecule has 0 aliphatic heterocycles. The van der Waals surface area contributed by atoms with Crippen LogP contribution in [0.3, 0.4) is 0 Å². The minimum atomic E-state index is -0.473. The Morgan fingerprint density at radius 2 is 2.04 bits per heavy atom. The van der Waals surface area contributed by atoms with E-state index in [1.807, 2.05) is 30.3 Å². The Bertz CT molecular complexity index is 901. The number of ether oxygens (including phenoxy) is 1. The topological polar surface area (TPSA) is 103 Å². The van der Waals surface area contributed by atoms with Crippen molar-refractivity contribution in [2.24, 2.45) is 0 Å². The molecule has 2 aromatic carbocycles. The van der Waals surface area contributed by atoms with E-state index >= 15 is 0 Å². The maximum atomic E-state index is 11.1. The molecule has 0 amide bonds. The number of benzene rings is 2. The third-order valence-electron chi connectivity index (χ3n) is 3.55. The van der Waals surface area contributed by atoms with Gasteiger partial charge in [0.15, 0.2) is 5.69 Å². The Labute approximate surface area is 153 Å². The van der Waals surface area contributed by atoms with Gasteiger partial charge in [-0.2, -0.15) is 0 Å². The first-order chi connectivity index (χ1) is 12.5. The minimum Gasteiger partial charge on any atom is -0.469 e. The van der Waals surface area contributed by atoms with Crippen LogP contribution >= 0.6 is 11.6 Å². The number of aromatic nitrogens is 2. The quantitative estimate of drug-likeness (QED) is 0.488. The number of halogens is 1. The van der Waals surface area contributed by atoms with Crippen LogP contribution < -0.4 is 10.1 Å². The van der Waals surface area contributed by atoms with Crippen molar-refractivity contribution in [3.8, 4) is 17.1 Å². The van der Waals surface area contributed by atoms with Crippen molar-refractivity contribution in [1.82, 2.24) is 10.3 Å². The summed E-state index contributed by atoms with van der Waals surface area (Å²) in [6.45, 7) is 2.09. The first-order valence-corrected chi connectivity index (χ1v) is 8.15. The average molecular weight is 375 g/mol. The zero-order chi connectivity index (χ0) is 18.5. The molecule has 0 fully saturated rings. The van der Waals surface area contributed by atoms with Crippen molar-refractivity contribution in [3.05, 3.63) is 63.7 Å². The molecule has 26 heavy (non-hydrogen) atoms. The Morgan fingerprint density at radius 1 is 1.27 bits per heavy atom. The van der Waals surface area contributed by atoms with Gasteiger partial charge in [-0.15, -0.1) is 0 Å². The zero-order valence-corrected chi connectivity index (χ0v) is 14.5. The van der Waals surface area contributed by atoms with Crippen LogP contribution in [0.15, 0.2) is 53.2 Å². The summed E-state index contributed by atoms with van der Waals surface area (Å²) in [6, 6.07) is 13.7. The van der Waals surface area contributed by atoms with E-state index in [1.54, 1.807) is 6.92 Å². The number of nitrogens with one attached hydrogen (secondary N) is 1. The van der Waals surface area contributed by atoms with E-state index in [9.17, 15) is 10.1 Å². The first kappa shape index (κ1) is 17.7. The fourth-order valence-electron chi connectivity index (χ4n) is 2.33. The summed E-state index contributed by atoms with van der Waals surface area (Å²) < 4.78 is 10.5. The molecule has 3 rings (SSSR count). The maximum absolute atomic E-state index is 11.1. The summed E-state index contributed by atoms with van der Waals surface area (Å²) in [5.41, 5.74) is 1.56. The van der Waals surface area contributed by atoms with E-state index in [0.717, 1.165) is 5.56 Å². The van der Waals surface area contributed by atoms with Crippen LogP contribution in [0.25, 0.3) is 11.3 Å². The van der Waals surface area contributed by atoms with Gasteiger partial charge in [0, 0.05) is 16.7 Å². The molecule has 1 heterocycles. The van der Waals surface area contributed by atoms with Gasteiger partial charge >= 0.3 is 0 Å². The number of nitro benzene ring substituents is 1. The van der Waals surface area contributed by atoms with Crippen molar-refractivity contribution in [1.29, 1.82) is 0 Å². The highest BCUT2D eigenvalue weighted by molar-refractivity contribution is 6.31. The van der Waals surface area contributed by atoms with E-state index in [4.69, 9.17) is 21.0 Å². The number of nitrogens with zero attached hydrogens (tertiary/aromatic N) is 3. The van der Waals surface area contributed by atoms with Crippen molar-refractivity contribution < 1.29 is 14.3 Å². The summed E-state index contributed by atoms with van der Waals surface area (Å²) in [4.78, 5) is 10.6. The highest BCUT2D eigenvalue weighted by atomic mass is 35.5. The number of nitro groups is 1. The fraction of sp³-hybridized carbons (Fsp3) is 0.176. The largest absolute Gasteiger partial charge is 0.469 e. The normalized spacial score (nSPS) is 11.8. The molecule has 0 spiro atoms. The van der Waals surface area contributed by atoms with Crippen molar-refractivity contribution in [2.45, 2.75) is 13.0 Å². The van der Waals surface area contributed by atoms with Gasteiger partial charge in [-0.3, -0.25) is 10.1 Å². The van der Waals surface area contributed by atoms with E-state index in [-0.39, 0.29) is 17.7 Å². The SMILES string of the molecule is C[C@H](CNc1cc(Cl)ccc1[N+](=O)[O-])Oc1nonc1-c1ccccc1. The predicted octanol–water partition coefficient (Wildman–Crippen LogP) is 4.18. The standard InChI is InChI=1S/C17H15ClN4O4/c1-11(10-19-14-9-13(18)7-8-15(14)22(23)24)25-17-16(20-26-21-17)12-5-3-2-4-6-12/h2-9,11,19H,10H2,1H3/t11-/m1/s1. The second-order valence-corrected chi connectivity index (χ2v) is 5.95. The first-order valence-electron chi connectivity index (χ1n) is 7.77. The van der Waals surface area contributed by atoms with Gasteiger partial charge in [0.2, 0.25) is 0 Å². The molecule has 0 unspecified atom stereocenters. The lowest BCUT2D eigenvalue weighted by molar-refractivity contribution is -0.384. The lowest BCUT2D eigenvalue weighted by Gasteiger charge is -2.14. The predicted molar refractivity (Wildman–Crippen MR) is 96.4 cm³/mol. The molecule has 1 atom stereocenters. The number of rotatable bonds is 7. The van der Waals surface area contributed by atoms with Gasteiger partial charge in [0.05, 0.1) is 11.5 Å². The molecule has 134 valence electrons. The van der Waals surface area contributed by atoms with Crippen LogP contribution in [-0.4, -0.2) is 27.9 Å². The molecule has 1 N–H and O–H groups in total. The molecule has 3 aromatic rings. The summed E-state index contributed by atoms with van der Waals surface area (Å²) >= 11 is 5.92. The monoisotopic (exact) mass is 374 g/mol. The summed E-state index contributed by atoms with van der Waals surface area (Å²) in [6.07, 6.45) is -0.358. The summed E-state index contributed by atoms with van der Waals surface area (Å²) in [7, 11) is 0. The minimum absolute atomic E-state index is 0.0605. The van der Waals surface area contributed by atoms with Crippen molar-refractivity contribution in [2.75, 3.05) is 11.9 Å². The number of anilines is 1. The van der Waals surface area contributed by atoms with Crippen molar-refractivity contribution >= 4 is 23.0 Å². The van der Waals surface area contributed by atoms with Gasteiger partial charge in [0.1, 0.15) is 11.8 Å². The summed E-state index contributed by atoms with van der Waals surface area (Å²) in [5, 5.41) is 22.1. The molecule has 0 saturated carbocycles. The average Bonchev–Trinajstić information content (AvgIpc) is 3.08. The second-order valence-electron chi connectivity index (χ2n) is 5.51. The molecule has 0 bridgehead atoms. The lowest BCUT2D eigenvalue weighted by atomic mass is 10.2. The summed E-state index contributed by atoms with van der Waals surface area (Å²) in [5.74, 6) is 0.256. The molecule has 0 aliphatic carbocycles. The van der Waals surface area contributed by atoms with Crippen LogP contribution in [0.2, 0.25) is 5.02 Å². The number of hydrogen-bond acceptors (Lipinski definition) is 7. The number of hydrogen-bond donors (Lipinski definition) is 1. The molecular weight excluding hydrogens is 360 g/mol. The molecule has 8 nitrogen and oxygen atoms in total. The van der Waals surface area contributed by atoms with Crippen LogP contribution in [0.1, 0.15) is 6.92 Å². The Kier molecular flexibility index (Phi) is 5.33. The Hall–Kier alpha value is -3.13. The molecule has 0 radical (unpaired) electrons. The second kappa shape index (κ2) is 7.83. The fourth-order valence-corrected chi connectivity index (χ4v) is 2.50. The molecule has 1 aromatic heterocycles. The van der Waals surface area contributed by atoms with E-state index in [0.29, 0.717) is 22.9 Å². The zero-order valence-electron chi connectivity index (χ0n) is 13.8. The van der Waals surface area contributed by atoms with Gasteiger partial charge in [-0.25, -0.2) is 4.63 Å². The van der Waals surface area contributed by atoms with Gasteiger partial charge in [-0.05, 0) is 29.4 Å². The highest BCUT2D eigenvalue weighted by Gasteiger charge is 2.18. The maximum Gasteiger partial charge on any atom is 0.292 e. The van der Waals surface area contributed by atoms with Gasteiger partial charge in [0.25, 0.3) is 11.6 Å². The molecule has 9 heteroatoms. The third-order valence-corrected chi connectivity index (χ3v) is 3.79. The van der Waals surface area contributed by atoms with Crippen LogP contribution in [0, 0.1) is 10.1 Å². The molecule has 0 aliphatic rings. The Balaban J connectivity index is 1.68. The smallest absolute Gasteiger partial charge is 0.292 e. The van der Waals surface area contributed by atoms with Gasteiger partial charge in [-0.1, -0.05) is 41.9 Å². The van der Waals surface area contributed by atoms with Crippen molar-refractivity contribution in [3.63, 3.8) is 0 Å². The molecular formula is C17H15ClN4O4. The van der Waals surface area contributed by atoms with Gasteiger partial charge < -0.3 is 10.1 Å². The van der Waals surface area contributed by atoms with Crippen LogP contribution in [-0.2, 0) is 0 Å². The van der Waals surface area contributed by atoms with E-state index in [1.165, 1.54) is 18.2 Å². The highest BCUT2D eigenvalue weighted by Crippen LogP contribution is 2.29. The van der Waals surface area contributed by atoms with E-state index in [2.05, 4.69) is 15.6 Å². The van der Waals surface area contributed by atoms with Crippen LogP contribution in [0.5, 0.6) is 5.88 Å². The Morgan fingerprint density at radius 3 is 2.77 bits per heavy atom.